The number of alkyl halides is 3. The van der Waals surface area contributed by atoms with Crippen LogP contribution < -0.4 is 11.2 Å². The zero-order valence-corrected chi connectivity index (χ0v) is 9.48. The van der Waals surface area contributed by atoms with Crippen LogP contribution in [-0.2, 0) is 6.18 Å². The van der Waals surface area contributed by atoms with Gasteiger partial charge in [0.1, 0.15) is 0 Å². The van der Waals surface area contributed by atoms with Gasteiger partial charge in [0.15, 0.2) is 0 Å². The number of anilines is 1. The zero-order valence-electron chi connectivity index (χ0n) is 9.48. The maximum Gasteiger partial charge on any atom is 0.416 e. The van der Waals surface area contributed by atoms with E-state index in [1.54, 1.807) is 0 Å². The molecule has 5 nitrogen and oxygen atoms in total. The van der Waals surface area contributed by atoms with Crippen LogP contribution in [0.2, 0.25) is 0 Å². The lowest BCUT2D eigenvalue weighted by Crippen LogP contribution is -2.12. The first-order chi connectivity index (χ1) is 8.86. The molecule has 0 fully saturated rings. The number of hydrogen-bond donors (Lipinski definition) is 2. The van der Waals surface area contributed by atoms with Crippen molar-refractivity contribution < 1.29 is 18.0 Å². The highest BCUT2D eigenvalue weighted by Gasteiger charge is 2.29. The molecule has 2 rings (SSSR count). The van der Waals surface area contributed by atoms with Crippen molar-refractivity contribution in [2.75, 3.05) is 11.2 Å². The molecule has 0 aliphatic carbocycles. The van der Waals surface area contributed by atoms with E-state index in [1.165, 1.54) is 24.5 Å². The number of benzene rings is 1. The second kappa shape index (κ2) is 4.63. The molecule has 19 heavy (non-hydrogen) atoms. The number of rotatable bonds is 2. The molecule has 8 heteroatoms. The zero-order chi connectivity index (χ0) is 14.0. The van der Waals surface area contributed by atoms with E-state index < -0.39 is 17.6 Å². The van der Waals surface area contributed by atoms with Crippen LogP contribution in [0.15, 0.2) is 36.7 Å². The standard InChI is InChI=1S/C11H9F3N4O/c12-11(13,14)8-1-3-9(4-2-8)17-10(19)7-5-16-18(15)6-7/h1-6H,15H2,(H,17,19). The molecule has 1 amide bonds. The topological polar surface area (TPSA) is 72.9 Å². The Labute approximate surface area is 105 Å². The molecule has 3 N–H and O–H groups in total. The molecule has 2 aromatic rings. The Hall–Kier alpha value is -2.51. The van der Waals surface area contributed by atoms with E-state index in [-0.39, 0.29) is 11.3 Å². The number of nitrogens with one attached hydrogen (secondary N) is 1. The number of hydrogen-bond acceptors (Lipinski definition) is 3. The SMILES string of the molecule is Nn1cc(C(=O)Nc2ccc(C(F)(F)F)cc2)cn1. The Morgan fingerprint density at radius 2 is 1.89 bits per heavy atom. The smallest absolute Gasteiger partial charge is 0.323 e. The van der Waals surface area contributed by atoms with Crippen LogP contribution in [0.3, 0.4) is 0 Å². The molecule has 0 saturated heterocycles. The van der Waals surface area contributed by atoms with Crippen LogP contribution in [0.5, 0.6) is 0 Å². The monoisotopic (exact) mass is 270 g/mol. The number of amides is 1. The van der Waals surface area contributed by atoms with Gasteiger partial charge in [-0.25, -0.2) is 0 Å². The summed E-state index contributed by atoms with van der Waals surface area (Å²) in [6.07, 6.45) is -1.86. The molecule has 0 saturated carbocycles. The summed E-state index contributed by atoms with van der Waals surface area (Å²) in [6.45, 7) is 0. The van der Waals surface area contributed by atoms with Gasteiger partial charge in [-0.3, -0.25) is 4.79 Å². The van der Waals surface area contributed by atoms with Crippen molar-refractivity contribution in [2.45, 2.75) is 6.18 Å². The summed E-state index contributed by atoms with van der Waals surface area (Å²) in [5, 5.41) is 6.05. The van der Waals surface area contributed by atoms with Gasteiger partial charge < -0.3 is 11.2 Å². The van der Waals surface area contributed by atoms with E-state index >= 15 is 0 Å². The van der Waals surface area contributed by atoms with Crippen LogP contribution >= 0.6 is 0 Å². The Morgan fingerprint density at radius 1 is 1.26 bits per heavy atom. The van der Waals surface area contributed by atoms with E-state index in [1.807, 2.05) is 0 Å². The van der Waals surface area contributed by atoms with E-state index in [9.17, 15) is 18.0 Å². The second-order valence-corrected chi connectivity index (χ2v) is 3.74. The van der Waals surface area contributed by atoms with Gasteiger partial charge in [0.05, 0.1) is 23.5 Å². The van der Waals surface area contributed by atoms with E-state index in [4.69, 9.17) is 5.84 Å². The molecule has 0 bridgehead atoms. The third-order valence-corrected chi connectivity index (χ3v) is 2.33. The fourth-order valence-corrected chi connectivity index (χ4v) is 1.40. The highest BCUT2D eigenvalue weighted by Crippen LogP contribution is 2.29. The third-order valence-electron chi connectivity index (χ3n) is 2.33. The summed E-state index contributed by atoms with van der Waals surface area (Å²) in [5.74, 6) is 4.77. The Morgan fingerprint density at radius 3 is 2.37 bits per heavy atom. The number of carbonyl (C=O) groups is 1. The normalized spacial score (nSPS) is 11.3. The molecule has 1 heterocycles. The summed E-state index contributed by atoms with van der Waals surface area (Å²) < 4.78 is 37.0. The molecule has 0 aliphatic heterocycles. The Balaban J connectivity index is 2.10. The lowest BCUT2D eigenvalue weighted by molar-refractivity contribution is -0.137. The van der Waals surface area contributed by atoms with Gasteiger partial charge in [0, 0.05) is 5.69 Å². The predicted molar refractivity (Wildman–Crippen MR) is 61.8 cm³/mol. The summed E-state index contributed by atoms with van der Waals surface area (Å²) in [4.78, 5) is 12.6. The molecule has 1 aromatic carbocycles. The maximum absolute atomic E-state index is 12.3. The van der Waals surface area contributed by atoms with Crippen molar-refractivity contribution in [3.05, 3.63) is 47.8 Å². The average Bonchev–Trinajstić information content (AvgIpc) is 2.75. The number of nitrogens with zero attached hydrogens (tertiary/aromatic N) is 2. The minimum Gasteiger partial charge on any atom is -0.323 e. The molecular formula is C11H9F3N4O. The number of nitrogens with two attached hydrogens (primary N) is 1. The summed E-state index contributed by atoms with van der Waals surface area (Å²) in [5.41, 5.74) is -0.314. The van der Waals surface area contributed by atoms with Crippen LogP contribution in [0.1, 0.15) is 15.9 Å². The molecule has 0 radical (unpaired) electrons. The fourth-order valence-electron chi connectivity index (χ4n) is 1.40. The average molecular weight is 270 g/mol. The van der Waals surface area contributed by atoms with Crippen LogP contribution in [0.25, 0.3) is 0 Å². The van der Waals surface area contributed by atoms with Crippen molar-refractivity contribution >= 4 is 11.6 Å². The molecule has 0 spiro atoms. The molecular weight excluding hydrogens is 261 g/mol. The first-order valence-electron chi connectivity index (χ1n) is 5.14. The van der Waals surface area contributed by atoms with Crippen LogP contribution in [0.4, 0.5) is 18.9 Å². The van der Waals surface area contributed by atoms with Crippen molar-refractivity contribution in [1.29, 1.82) is 0 Å². The number of halogens is 3. The predicted octanol–water partition coefficient (Wildman–Crippen LogP) is 1.87. The van der Waals surface area contributed by atoms with E-state index in [2.05, 4.69) is 10.4 Å². The third kappa shape index (κ3) is 3.03. The number of nitrogen functional groups attached to an aromatic ring is 1. The Bertz CT molecular complexity index is 589. The molecule has 0 unspecified atom stereocenters. The fraction of sp³-hybridized carbons (Fsp3) is 0.0909. The van der Waals surface area contributed by atoms with Gasteiger partial charge in [0.2, 0.25) is 0 Å². The Kier molecular flexibility index (Phi) is 3.16. The van der Waals surface area contributed by atoms with Crippen LogP contribution in [0, 0.1) is 0 Å². The number of carbonyl (C=O) groups excluding carboxylic acids is 1. The van der Waals surface area contributed by atoms with Gasteiger partial charge >= 0.3 is 6.18 Å². The largest absolute Gasteiger partial charge is 0.416 e. The second-order valence-electron chi connectivity index (χ2n) is 3.74. The molecule has 100 valence electrons. The lowest BCUT2D eigenvalue weighted by atomic mass is 10.2. The van der Waals surface area contributed by atoms with E-state index in [0.29, 0.717) is 0 Å². The van der Waals surface area contributed by atoms with Gasteiger partial charge in [0.25, 0.3) is 5.91 Å². The minimum absolute atomic E-state index is 0.211. The molecule has 0 aliphatic rings. The van der Waals surface area contributed by atoms with E-state index in [0.717, 1.165) is 16.9 Å². The first kappa shape index (κ1) is 12.9. The quantitative estimate of drug-likeness (QED) is 0.818. The van der Waals surface area contributed by atoms with Gasteiger partial charge in [-0.2, -0.15) is 23.1 Å². The highest BCUT2D eigenvalue weighted by molar-refractivity contribution is 6.03. The van der Waals surface area contributed by atoms with Crippen molar-refractivity contribution in [3.8, 4) is 0 Å². The van der Waals surface area contributed by atoms with Crippen molar-refractivity contribution in [3.63, 3.8) is 0 Å². The van der Waals surface area contributed by atoms with Gasteiger partial charge in [-0.05, 0) is 24.3 Å². The first-order valence-corrected chi connectivity index (χ1v) is 5.14. The van der Waals surface area contributed by atoms with Crippen molar-refractivity contribution in [1.82, 2.24) is 9.89 Å². The van der Waals surface area contributed by atoms with Crippen molar-refractivity contribution in [2.24, 2.45) is 0 Å². The maximum atomic E-state index is 12.3. The summed E-state index contributed by atoms with van der Waals surface area (Å²) in [7, 11) is 0. The highest BCUT2D eigenvalue weighted by atomic mass is 19.4. The molecule has 1 aromatic heterocycles. The summed E-state index contributed by atoms with van der Waals surface area (Å²) >= 11 is 0. The summed E-state index contributed by atoms with van der Waals surface area (Å²) in [6, 6.07) is 4.13. The minimum atomic E-state index is -4.40. The van der Waals surface area contributed by atoms with Gasteiger partial charge in [-0.1, -0.05) is 0 Å². The lowest BCUT2D eigenvalue weighted by Gasteiger charge is -2.08. The molecule has 0 atom stereocenters. The number of aromatic nitrogens is 2. The van der Waals surface area contributed by atoms with Crippen LogP contribution in [-0.4, -0.2) is 15.8 Å². The van der Waals surface area contributed by atoms with Gasteiger partial charge in [-0.15, -0.1) is 0 Å².